The lowest BCUT2D eigenvalue weighted by molar-refractivity contribution is 0.524. The van der Waals surface area contributed by atoms with Crippen molar-refractivity contribution < 1.29 is 0 Å². The molecule has 1 rings (SSSR count). The normalized spacial score (nSPS) is 14.9. The van der Waals surface area contributed by atoms with Crippen LogP contribution < -0.4 is 0 Å². The van der Waals surface area contributed by atoms with Gasteiger partial charge in [-0.15, -0.1) is 11.6 Å². The fourth-order valence-electron chi connectivity index (χ4n) is 2.52. The first kappa shape index (κ1) is 13.6. The van der Waals surface area contributed by atoms with Gasteiger partial charge in [0.15, 0.2) is 0 Å². The molecule has 0 nitrogen and oxygen atoms in total. The SMILES string of the molecule is Cc1cc(C)c(CC(C)CC(C)Cl)c(C)c1. The lowest BCUT2D eigenvalue weighted by Crippen LogP contribution is -2.08. The summed E-state index contributed by atoms with van der Waals surface area (Å²) in [5, 5.41) is 0.279. The molecule has 0 spiro atoms. The van der Waals surface area contributed by atoms with Gasteiger partial charge in [-0.25, -0.2) is 0 Å². The summed E-state index contributed by atoms with van der Waals surface area (Å²) in [7, 11) is 0. The maximum atomic E-state index is 6.04. The third kappa shape index (κ3) is 3.83. The topological polar surface area (TPSA) is 0 Å². The molecule has 0 amide bonds. The van der Waals surface area contributed by atoms with Crippen molar-refractivity contribution in [3.8, 4) is 0 Å². The molecule has 2 unspecified atom stereocenters. The number of benzene rings is 1. The number of aryl methyl sites for hydroxylation is 3. The van der Waals surface area contributed by atoms with Crippen LogP contribution in [0.3, 0.4) is 0 Å². The highest BCUT2D eigenvalue weighted by Crippen LogP contribution is 2.22. The molecule has 0 fully saturated rings. The Bertz CT molecular complexity index is 329. The molecule has 90 valence electrons. The predicted octanol–water partition coefficient (Wildman–Crippen LogP) is 4.81. The van der Waals surface area contributed by atoms with Crippen LogP contribution in [0.1, 0.15) is 42.5 Å². The second-order valence-corrected chi connectivity index (χ2v) is 5.95. The van der Waals surface area contributed by atoms with Crippen molar-refractivity contribution in [2.45, 2.75) is 52.8 Å². The Morgan fingerprint density at radius 3 is 2.00 bits per heavy atom. The highest BCUT2D eigenvalue weighted by atomic mass is 35.5. The number of rotatable bonds is 4. The van der Waals surface area contributed by atoms with Gasteiger partial charge < -0.3 is 0 Å². The molecule has 2 atom stereocenters. The summed E-state index contributed by atoms with van der Waals surface area (Å²) < 4.78 is 0. The maximum Gasteiger partial charge on any atom is 0.0310 e. The zero-order valence-electron chi connectivity index (χ0n) is 11.1. The molecule has 0 saturated carbocycles. The van der Waals surface area contributed by atoms with Crippen molar-refractivity contribution in [2.75, 3.05) is 0 Å². The van der Waals surface area contributed by atoms with Crippen LogP contribution in [0, 0.1) is 26.7 Å². The molecule has 1 aromatic rings. The van der Waals surface area contributed by atoms with Crippen molar-refractivity contribution in [3.05, 3.63) is 34.4 Å². The van der Waals surface area contributed by atoms with Crippen LogP contribution in [0.2, 0.25) is 0 Å². The second kappa shape index (κ2) is 5.72. The highest BCUT2D eigenvalue weighted by molar-refractivity contribution is 6.20. The van der Waals surface area contributed by atoms with Crippen LogP contribution >= 0.6 is 11.6 Å². The van der Waals surface area contributed by atoms with Crippen LogP contribution in [0.15, 0.2) is 12.1 Å². The molecule has 16 heavy (non-hydrogen) atoms. The maximum absolute atomic E-state index is 6.04. The Kier molecular flexibility index (Phi) is 4.86. The summed E-state index contributed by atoms with van der Waals surface area (Å²) >= 11 is 6.04. The Balaban J connectivity index is 2.81. The Morgan fingerprint density at radius 1 is 1.06 bits per heavy atom. The first-order valence-electron chi connectivity index (χ1n) is 6.11. The van der Waals surface area contributed by atoms with Crippen molar-refractivity contribution >= 4 is 11.6 Å². The van der Waals surface area contributed by atoms with Crippen molar-refractivity contribution in [1.82, 2.24) is 0 Å². The first-order chi connectivity index (χ1) is 7.40. The Morgan fingerprint density at radius 2 is 1.56 bits per heavy atom. The lowest BCUT2D eigenvalue weighted by Gasteiger charge is -2.17. The smallest absolute Gasteiger partial charge is 0.0310 e. The van der Waals surface area contributed by atoms with Gasteiger partial charge in [0.05, 0.1) is 0 Å². The van der Waals surface area contributed by atoms with Gasteiger partial charge in [-0.3, -0.25) is 0 Å². The van der Waals surface area contributed by atoms with Gasteiger partial charge in [-0.1, -0.05) is 24.6 Å². The summed E-state index contributed by atoms with van der Waals surface area (Å²) in [6.07, 6.45) is 2.24. The van der Waals surface area contributed by atoms with E-state index < -0.39 is 0 Å². The van der Waals surface area contributed by atoms with E-state index in [1.165, 1.54) is 22.3 Å². The minimum absolute atomic E-state index is 0.279. The molecule has 0 aromatic heterocycles. The molecule has 0 radical (unpaired) electrons. The molecule has 0 heterocycles. The molecule has 0 aliphatic rings. The van der Waals surface area contributed by atoms with Gasteiger partial charge in [0.2, 0.25) is 0 Å². The molecule has 1 aromatic carbocycles. The molecule has 0 aliphatic carbocycles. The summed E-state index contributed by atoms with van der Waals surface area (Å²) in [6, 6.07) is 4.55. The summed E-state index contributed by atoms with van der Waals surface area (Å²) in [5.41, 5.74) is 5.71. The number of halogens is 1. The van der Waals surface area contributed by atoms with E-state index >= 15 is 0 Å². The standard InChI is InChI=1S/C15H23Cl/c1-10-6-12(3)15(13(4)7-10)9-11(2)8-14(5)16/h6-7,11,14H,8-9H2,1-5H3. The second-order valence-electron chi connectivity index (χ2n) is 5.20. The minimum Gasteiger partial charge on any atom is -0.123 e. The van der Waals surface area contributed by atoms with Crippen molar-refractivity contribution in [1.29, 1.82) is 0 Å². The van der Waals surface area contributed by atoms with Crippen LogP contribution in [0.25, 0.3) is 0 Å². The van der Waals surface area contributed by atoms with E-state index in [1.807, 2.05) is 0 Å². The highest BCUT2D eigenvalue weighted by Gasteiger charge is 2.11. The van der Waals surface area contributed by atoms with Crippen molar-refractivity contribution in [2.24, 2.45) is 5.92 Å². The third-order valence-electron chi connectivity index (χ3n) is 3.12. The number of hydrogen-bond acceptors (Lipinski definition) is 0. The average molecular weight is 239 g/mol. The van der Waals surface area contributed by atoms with Gasteiger partial charge >= 0.3 is 0 Å². The van der Waals surface area contributed by atoms with E-state index in [-0.39, 0.29) is 5.38 Å². The van der Waals surface area contributed by atoms with Crippen LogP contribution in [-0.4, -0.2) is 5.38 Å². The lowest BCUT2D eigenvalue weighted by atomic mass is 9.90. The van der Waals surface area contributed by atoms with Gasteiger partial charge in [0, 0.05) is 5.38 Å². The molecule has 0 N–H and O–H groups in total. The molecule has 0 bridgehead atoms. The van der Waals surface area contributed by atoms with Crippen LogP contribution in [0.4, 0.5) is 0 Å². The van der Waals surface area contributed by atoms with E-state index in [0.717, 1.165) is 12.8 Å². The van der Waals surface area contributed by atoms with Gasteiger partial charge in [0.1, 0.15) is 0 Å². The monoisotopic (exact) mass is 238 g/mol. The quantitative estimate of drug-likeness (QED) is 0.661. The van der Waals surface area contributed by atoms with E-state index in [1.54, 1.807) is 0 Å². The van der Waals surface area contributed by atoms with E-state index in [9.17, 15) is 0 Å². The third-order valence-corrected chi connectivity index (χ3v) is 3.30. The summed E-state index contributed by atoms with van der Waals surface area (Å²) in [4.78, 5) is 0. The fraction of sp³-hybridized carbons (Fsp3) is 0.600. The van der Waals surface area contributed by atoms with Crippen molar-refractivity contribution in [3.63, 3.8) is 0 Å². The largest absolute Gasteiger partial charge is 0.123 e. The minimum atomic E-state index is 0.279. The Labute approximate surface area is 105 Å². The average Bonchev–Trinajstić information content (AvgIpc) is 2.09. The predicted molar refractivity (Wildman–Crippen MR) is 73.5 cm³/mol. The summed E-state index contributed by atoms with van der Waals surface area (Å²) in [6.45, 7) is 11.0. The van der Waals surface area contributed by atoms with Crippen LogP contribution in [0.5, 0.6) is 0 Å². The van der Waals surface area contributed by atoms with Gasteiger partial charge in [-0.05, 0) is 63.1 Å². The number of hydrogen-bond donors (Lipinski definition) is 0. The molecule has 0 saturated heterocycles. The number of alkyl halides is 1. The molecule has 1 heteroatoms. The zero-order valence-corrected chi connectivity index (χ0v) is 11.9. The van der Waals surface area contributed by atoms with Gasteiger partial charge in [-0.2, -0.15) is 0 Å². The molecular formula is C15H23Cl. The summed E-state index contributed by atoms with van der Waals surface area (Å²) in [5.74, 6) is 0.660. The fourth-order valence-corrected chi connectivity index (χ4v) is 2.82. The van der Waals surface area contributed by atoms with Gasteiger partial charge in [0.25, 0.3) is 0 Å². The molecule has 0 aliphatic heterocycles. The Hall–Kier alpha value is -0.490. The zero-order chi connectivity index (χ0) is 12.3. The molecular weight excluding hydrogens is 216 g/mol. The first-order valence-corrected chi connectivity index (χ1v) is 6.54. The van der Waals surface area contributed by atoms with Crippen LogP contribution in [-0.2, 0) is 6.42 Å². The van der Waals surface area contributed by atoms with E-state index in [2.05, 4.69) is 46.8 Å². The van der Waals surface area contributed by atoms with E-state index in [4.69, 9.17) is 11.6 Å². The van der Waals surface area contributed by atoms with E-state index in [0.29, 0.717) is 5.92 Å².